The largest absolute Gasteiger partial charge is 0.494 e. The van der Waals surface area contributed by atoms with Crippen LogP contribution in [0.25, 0.3) is 5.69 Å². The van der Waals surface area contributed by atoms with Crippen LogP contribution in [0, 0.1) is 0 Å². The van der Waals surface area contributed by atoms with Gasteiger partial charge in [0.2, 0.25) is 0 Å². The minimum Gasteiger partial charge on any atom is -0.494 e. The van der Waals surface area contributed by atoms with E-state index >= 15 is 0 Å². The predicted molar refractivity (Wildman–Crippen MR) is 59.5 cm³/mol. The van der Waals surface area contributed by atoms with Crippen LogP contribution < -0.4 is 4.74 Å². The first-order valence-electron chi connectivity index (χ1n) is 5.03. The van der Waals surface area contributed by atoms with Crippen LogP contribution in [0.3, 0.4) is 0 Å². The van der Waals surface area contributed by atoms with Crippen LogP contribution in [-0.4, -0.2) is 16.9 Å². The molecule has 0 aliphatic rings. The number of methoxy groups -OCH3 is 1. The standard InChI is InChI=1S/C12H14N2O/c1-3-10-8-9-14(13-10)11-6-4-5-7-12(11)15-2/h4-9H,3H2,1-2H3. The maximum absolute atomic E-state index is 5.28. The molecule has 0 unspecified atom stereocenters. The molecule has 0 N–H and O–H groups in total. The Morgan fingerprint density at radius 3 is 2.73 bits per heavy atom. The first kappa shape index (κ1) is 9.77. The number of aromatic nitrogens is 2. The van der Waals surface area contributed by atoms with E-state index in [4.69, 9.17) is 4.74 Å². The summed E-state index contributed by atoms with van der Waals surface area (Å²) in [5.74, 6) is 0.836. The van der Waals surface area contributed by atoms with Crippen LogP contribution >= 0.6 is 0 Å². The molecule has 0 bridgehead atoms. The number of para-hydroxylation sites is 2. The normalized spacial score (nSPS) is 10.3. The van der Waals surface area contributed by atoms with Gasteiger partial charge in [-0.1, -0.05) is 19.1 Å². The molecule has 1 aromatic carbocycles. The number of benzene rings is 1. The summed E-state index contributed by atoms with van der Waals surface area (Å²) in [5.41, 5.74) is 2.06. The van der Waals surface area contributed by atoms with Crippen molar-refractivity contribution in [3.63, 3.8) is 0 Å². The Labute approximate surface area is 89.3 Å². The SMILES string of the molecule is CCc1ccn(-c2ccccc2OC)n1. The highest BCUT2D eigenvalue weighted by atomic mass is 16.5. The summed E-state index contributed by atoms with van der Waals surface area (Å²) in [4.78, 5) is 0. The van der Waals surface area contributed by atoms with E-state index in [1.807, 2.05) is 41.2 Å². The van der Waals surface area contributed by atoms with Crippen LogP contribution in [0.1, 0.15) is 12.6 Å². The third-order valence-corrected chi connectivity index (χ3v) is 2.34. The second kappa shape index (κ2) is 4.17. The smallest absolute Gasteiger partial charge is 0.144 e. The van der Waals surface area contributed by atoms with Gasteiger partial charge < -0.3 is 4.74 Å². The second-order valence-corrected chi connectivity index (χ2v) is 3.28. The lowest BCUT2D eigenvalue weighted by atomic mass is 10.3. The molecule has 0 spiro atoms. The van der Waals surface area contributed by atoms with Gasteiger partial charge in [-0.25, -0.2) is 4.68 Å². The Morgan fingerprint density at radius 1 is 1.27 bits per heavy atom. The molecule has 15 heavy (non-hydrogen) atoms. The average molecular weight is 202 g/mol. The van der Waals surface area contributed by atoms with E-state index < -0.39 is 0 Å². The molecule has 3 heteroatoms. The van der Waals surface area contributed by atoms with Crippen molar-refractivity contribution in [2.24, 2.45) is 0 Å². The Kier molecular flexibility index (Phi) is 2.72. The van der Waals surface area contributed by atoms with Crippen molar-refractivity contribution in [3.8, 4) is 11.4 Å². The molecule has 3 nitrogen and oxygen atoms in total. The molecule has 0 saturated heterocycles. The molecular weight excluding hydrogens is 188 g/mol. The van der Waals surface area contributed by atoms with Gasteiger partial charge in [-0.3, -0.25) is 0 Å². The Morgan fingerprint density at radius 2 is 2.07 bits per heavy atom. The number of hydrogen-bond acceptors (Lipinski definition) is 2. The molecule has 0 fully saturated rings. The lowest BCUT2D eigenvalue weighted by Crippen LogP contribution is -1.98. The number of rotatable bonds is 3. The van der Waals surface area contributed by atoms with Gasteiger partial charge in [0.1, 0.15) is 11.4 Å². The zero-order valence-electron chi connectivity index (χ0n) is 8.97. The van der Waals surface area contributed by atoms with Gasteiger partial charge in [-0.2, -0.15) is 5.10 Å². The van der Waals surface area contributed by atoms with Gasteiger partial charge in [0.05, 0.1) is 12.8 Å². The predicted octanol–water partition coefficient (Wildman–Crippen LogP) is 2.44. The summed E-state index contributed by atoms with van der Waals surface area (Å²) in [5, 5.41) is 4.44. The van der Waals surface area contributed by atoms with Gasteiger partial charge in [0.25, 0.3) is 0 Å². The maximum atomic E-state index is 5.28. The molecule has 0 atom stereocenters. The molecule has 1 aromatic heterocycles. The molecular formula is C12H14N2O. The Bertz CT molecular complexity index is 448. The van der Waals surface area contributed by atoms with E-state index in [2.05, 4.69) is 12.0 Å². The van der Waals surface area contributed by atoms with E-state index in [1.54, 1.807) is 7.11 Å². The molecule has 0 aliphatic carbocycles. The number of nitrogens with zero attached hydrogens (tertiary/aromatic N) is 2. The van der Waals surface area contributed by atoms with Crippen molar-refractivity contribution in [2.75, 3.05) is 7.11 Å². The summed E-state index contributed by atoms with van der Waals surface area (Å²) in [7, 11) is 1.67. The minimum absolute atomic E-state index is 0.836. The summed E-state index contributed by atoms with van der Waals surface area (Å²) in [6.07, 6.45) is 2.90. The first-order chi connectivity index (χ1) is 7.35. The van der Waals surface area contributed by atoms with Crippen LogP contribution in [-0.2, 0) is 6.42 Å². The van der Waals surface area contributed by atoms with E-state index in [0.29, 0.717) is 0 Å². The Balaban J connectivity index is 2.44. The van der Waals surface area contributed by atoms with Gasteiger partial charge in [0, 0.05) is 6.20 Å². The summed E-state index contributed by atoms with van der Waals surface area (Å²) >= 11 is 0. The van der Waals surface area contributed by atoms with E-state index in [1.165, 1.54) is 0 Å². The molecule has 2 aromatic rings. The number of aryl methyl sites for hydroxylation is 1. The maximum Gasteiger partial charge on any atom is 0.144 e. The summed E-state index contributed by atoms with van der Waals surface area (Å²) in [6, 6.07) is 9.87. The Hall–Kier alpha value is -1.77. The monoisotopic (exact) mass is 202 g/mol. The lowest BCUT2D eigenvalue weighted by molar-refractivity contribution is 0.411. The van der Waals surface area contributed by atoms with Crippen LogP contribution in [0.4, 0.5) is 0 Å². The number of hydrogen-bond donors (Lipinski definition) is 0. The van der Waals surface area contributed by atoms with Crippen molar-refractivity contribution in [1.29, 1.82) is 0 Å². The second-order valence-electron chi connectivity index (χ2n) is 3.28. The van der Waals surface area contributed by atoms with Crippen molar-refractivity contribution >= 4 is 0 Å². The van der Waals surface area contributed by atoms with Gasteiger partial charge in [-0.15, -0.1) is 0 Å². The quantitative estimate of drug-likeness (QED) is 0.764. The molecule has 0 saturated carbocycles. The average Bonchev–Trinajstić information content (AvgIpc) is 2.77. The van der Waals surface area contributed by atoms with Gasteiger partial charge >= 0.3 is 0 Å². The fourth-order valence-corrected chi connectivity index (χ4v) is 1.50. The molecule has 0 aliphatic heterocycles. The first-order valence-corrected chi connectivity index (χ1v) is 5.03. The van der Waals surface area contributed by atoms with Crippen molar-refractivity contribution in [2.45, 2.75) is 13.3 Å². The van der Waals surface area contributed by atoms with Crippen molar-refractivity contribution in [3.05, 3.63) is 42.2 Å². The van der Waals surface area contributed by atoms with Crippen molar-refractivity contribution < 1.29 is 4.74 Å². The highest BCUT2D eigenvalue weighted by Gasteiger charge is 2.04. The summed E-state index contributed by atoms with van der Waals surface area (Å²) < 4.78 is 7.13. The number of ether oxygens (including phenoxy) is 1. The van der Waals surface area contributed by atoms with Gasteiger partial charge in [0.15, 0.2) is 0 Å². The van der Waals surface area contributed by atoms with E-state index in [-0.39, 0.29) is 0 Å². The molecule has 1 heterocycles. The molecule has 2 rings (SSSR count). The molecule has 0 radical (unpaired) electrons. The van der Waals surface area contributed by atoms with Gasteiger partial charge in [-0.05, 0) is 24.6 Å². The fraction of sp³-hybridized carbons (Fsp3) is 0.250. The molecule has 0 amide bonds. The van der Waals surface area contributed by atoms with Crippen LogP contribution in [0.5, 0.6) is 5.75 Å². The highest BCUT2D eigenvalue weighted by Crippen LogP contribution is 2.21. The third kappa shape index (κ3) is 1.86. The van der Waals surface area contributed by atoms with Crippen LogP contribution in [0.2, 0.25) is 0 Å². The zero-order valence-corrected chi connectivity index (χ0v) is 8.97. The topological polar surface area (TPSA) is 27.1 Å². The summed E-state index contributed by atoms with van der Waals surface area (Å²) in [6.45, 7) is 2.09. The minimum atomic E-state index is 0.836. The van der Waals surface area contributed by atoms with Crippen LogP contribution in [0.15, 0.2) is 36.5 Å². The van der Waals surface area contributed by atoms with E-state index in [0.717, 1.165) is 23.6 Å². The van der Waals surface area contributed by atoms with E-state index in [9.17, 15) is 0 Å². The fourth-order valence-electron chi connectivity index (χ4n) is 1.50. The zero-order chi connectivity index (χ0) is 10.7. The van der Waals surface area contributed by atoms with Crippen molar-refractivity contribution in [1.82, 2.24) is 9.78 Å². The lowest BCUT2D eigenvalue weighted by Gasteiger charge is -2.07. The molecule has 78 valence electrons. The highest BCUT2D eigenvalue weighted by molar-refractivity contribution is 5.45. The third-order valence-electron chi connectivity index (χ3n) is 2.34.